The molecule has 0 aliphatic heterocycles. The molecule has 0 fully saturated rings. The molecule has 306 valence electrons. The van der Waals surface area contributed by atoms with Crippen LogP contribution in [0.15, 0.2) is 36.5 Å². The van der Waals surface area contributed by atoms with Gasteiger partial charge in [0.2, 0.25) is 5.91 Å². The molecule has 4 N–H and O–H groups in total. The number of hydrogen-bond acceptors (Lipinski definition) is 4. The van der Waals surface area contributed by atoms with E-state index in [4.69, 9.17) is 0 Å². The zero-order valence-electron chi connectivity index (χ0n) is 34.7. The van der Waals surface area contributed by atoms with Gasteiger partial charge in [0.05, 0.1) is 18.8 Å². The Bertz CT molecular complexity index is 809. The molecule has 0 spiro atoms. The van der Waals surface area contributed by atoms with Gasteiger partial charge in [-0.25, -0.2) is 0 Å². The van der Waals surface area contributed by atoms with Crippen LogP contribution in [0.5, 0.6) is 0 Å². The third kappa shape index (κ3) is 36.9. The molecule has 0 bridgehead atoms. The summed E-state index contributed by atoms with van der Waals surface area (Å²) in [7, 11) is 0. The first kappa shape index (κ1) is 50.6. The third-order valence-electron chi connectivity index (χ3n) is 10.4. The standard InChI is InChI=1S/C47H89NO4/c1-3-5-7-9-11-13-15-17-19-21-23-24-26-28-30-32-34-36-38-40-42-46(51)48-44(43-49)47(52)45(50)41-39-37-35-33-31-29-27-25-22-20-18-16-14-12-10-8-6-4-2/h23-25,27,33,35,44-45,47,49-50,52H,3-22,26,28-32,34,36-43H2,1-2H3,(H,48,51)/b24-23-,27-25+,35-33+. The van der Waals surface area contributed by atoms with Gasteiger partial charge in [-0.3, -0.25) is 4.79 Å². The highest BCUT2D eigenvalue weighted by Crippen LogP contribution is 2.14. The van der Waals surface area contributed by atoms with Crippen molar-refractivity contribution in [2.45, 2.75) is 250 Å². The minimum atomic E-state index is -1.17. The molecule has 5 nitrogen and oxygen atoms in total. The number of carbonyl (C=O) groups excluding carboxylic acids is 1. The molecule has 0 saturated carbocycles. The quantitative estimate of drug-likeness (QED) is 0.0372. The molecule has 0 aliphatic rings. The Labute approximate surface area is 324 Å². The molecule has 0 aliphatic carbocycles. The number of amides is 1. The van der Waals surface area contributed by atoms with Gasteiger partial charge in [0.1, 0.15) is 6.10 Å². The predicted octanol–water partition coefficient (Wildman–Crippen LogP) is 13.2. The van der Waals surface area contributed by atoms with Gasteiger partial charge in [0.15, 0.2) is 0 Å². The Morgan fingerprint density at radius 3 is 1.17 bits per heavy atom. The molecule has 0 aromatic carbocycles. The topological polar surface area (TPSA) is 89.8 Å². The first-order valence-electron chi connectivity index (χ1n) is 22.8. The van der Waals surface area contributed by atoms with Gasteiger partial charge in [0.25, 0.3) is 0 Å². The summed E-state index contributed by atoms with van der Waals surface area (Å²) in [6.45, 7) is 4.17. The van der Waals surface area contributed by atoms with Gasteiger partial charge in [-0.15, -0.1) is 0 Å². The second kappa shape index (κ2) is 42.3. The lowest BCUT2D eigenvalue weighted by Crippen LogP contribution is -2.50. The summed E-state index contributed by atoms with van der Waals surface area (Å²) in [5.74, 6) is -0.162. The second-order valence-electron chi connectivity index (χ2n) is 15.6. The minimum Gasteiger partial charge on any atom is -0.394 e. The molecule has 3 unspecified atom stereocenters. The molecule has 1 amide bonds. The van der Waals surface area contributed by atoms with E-state index >= 15 is 0 Å². The second-order valence-corrected chi connectivity index (χ2v) is 15.6. The average Bonchev–Trinajstić information content (AvgIpc) is 3.15. The van der Waals surface area contributed by atoms with Crippen LogP contribution in [0, 0.1) is 0 Å². The Morgan fingerprint density at radius 1 is 0.462 bits per heavy atom. The lowest BCUT2D eigenvalue weighted by atomic mass is 10.0. The molecule has 0 radical (unpaired) electrons. The molecule has 52 heavy (non-hydrogen) atoms. The fraction of sp³-hybridized carbons (Fsp3) is 0.851. The van der Waals surface area contributed by atoms with Crippen LogP contribution in [0.2, 0.25) is 0 Å². The predicted molar refractivity (Wildman–Crippen MR) is 227 cm³/mol. The van der Waals surface area contributed by atoms with E-state index in [1.165, 1.54) is 161 Å². The van der Waals surface area contributed by atoms with Crippen LogP contribution in [0.1, 0.15) is 232 Å². The number of aliphatic hydroxyl groups excluding tert-OH is 3. The van der Waals surface area contributed by atoms with Crippen molar-refractivity contribution in [1.82, 2.24) is 5.32 Å². The van der Waals surface area contributed by atoms with Crippen LogP contribution in [-0.2, 0) is 4.79 Å². The van der Waals surface area contributed by atoms with Crippen LogP contribution in [0.4, 0.5) is 0 Å². The molecule has 3 atom stereocenters. The number of nitrogens with one attached hydrogen (secondary N) is 1. The molecule has 0 heterocycles. The SMILES string of the molecule is CCCCCCCCCCC/C=C\CCCCCCCCCC(=O)NC(CO)C(O)C(O)CCC/C=C/CC/C=C/CCCCCCCCCCC. The van der Waals surface area contributed by atoms with Crippen molar-refractivity contribution in [2.75, 3.05) is 6.61 Å². The summed E-state index contributed by atoms with van der Waals surface area (Å²) in [6.07, 6.45) is 52.5. The van der Waals surface area contributed by atoms with Crippen molar-refractivity contribution >= 4 is 5.91 Å². The molecule has 0 aromatic rings. The lowest BCUT2D eigenvalue weighted by Gasteiger charge is -2.26. The van der Waals surface area contributed by atoms with Crippen LogP contribution in [0.25, 0.3) is 0 Å². The smallest absolute Gasteiger partial charge is 0.220 e. The zero-order valence-corrected chi connectivity index (χ0v) is 34.7. The maximum atomic E-state index is 12.4. The highest BCUT2D eigenvalue weighted by molar-refractivity contribution is 5.76. The summed E-state index contributed by atoms with van der Waals surface area (Å²) in [4.78, 5) is 12.4. The Kier molecular flexibility index (Phi) is 41.1. The van der Waals surface area contributed by atoms with E-state index in [-0.39, 0.29) is 12.5 Å². The van der Waals surface area contributed by atoms with Crippen molar-refractivity contribution in [1.29, 1.82) is 0 Å². The number of unbranched alkanes of at least 4 members (excludes halogenated alkanes) is 27. The number of carbonyl (C=O) groups is 1. The van der Waals surface area contributed by atoms with Gasteiger partial charge in [-0.2, -0.15) is 0 Å². The van der Waals surface area contributed by atoms with Gasteiger partial charge >= 0.3 is 0 Å². The van der Waals surface area contributed by atoms with Crippen molar-refractivity contribution in [3.05, 3.63) is 36.5 Å². The zero-order chi connectivity index (χ0) is 38.0. The summed E-state index contributed by atoms with van der Waals surface area (Å²) in [5, 5.41) is 33.5. The largest absolute Gasteiger partial charge is 0.394 e. The van der Waals surface area contributed by atoms with E-state index in [1.54, 1.807) is 0 Å². The van der Waals surface area contributed by atoms with Gasteiger partial charge in [0, 0.05) is 6.42 Å². The van der Waals surface area contributed by atoms with E-state index < -0.39 is 18.2 Å². The van der Waals surface area contributed by atoms with E-state index in [0.717, 1.165) is 44.9 Å². The first-order valence-corrected chi connectivity index (χ1v) is 22.8. The fourth-order valence-corrected chi connectivity index (χ4v) is 6.88. The minimum absolute atomic E-state index is 0.162. The van der Waals surface area contributed by atoms with Crippen molar-refractivity contribution in [3.63, 3.8) is 0 Å². The van der Waals surface area contributed by atoms with Crippen LogP contribution in [0.3, 0.4) is 0 Å². The Morgan fingerprint density at radius 2 is 0.788 bits per heavy atom. The molecule has 0 aromatic heterocycles. The fourth-order valence-electron chi connectivity index (χ4n) is 6.88. The van der Waals surface area contributed by atoms with E-state index in [1.807, 2.05) is 0 Å². The summed E-state index contributed by atoms with van der Waals surface area (Å²) < 4.78 is 0. The Hall–Kier alpha value is -1.43. The van der Waals surface area contributed by atoms with Crippen LogP contribution >= 0.6 is 0 Å². The van der Waals surface area contributed by atoms with E-state index in [2.05, 4.69) is 55.6 Å². The van der Waals surface area contributed by atoms with Crippen LogP contribution < -0.4 is 5.32 Å². The average molecular weight is 732 g/mol. The normalized spacial score (nSPS) is 13.9. The molecular weight excluding hydrogens is 643 g/mol. The number of hydrogen-bond donors (Lipinski definition) is 4. The first-order chi connectivity index (χ1) is 25.6. The summed E-state index contributed by atoms with van der Waals surface area (Å²) in [6, 6.07) is -0.834. The Balaban J connectivity index is 3.69. The number of allylic oxidation sites excluding steroid dienone is 6. The van der Waals surface area contributed by atoms with Gasteiger partial charge in [-0.05, 0) is 77.0 Å². The summed E-state index contributed by atoms with van der Waals surface area (Å²) >= 11 is 0. The van der Waals surface area contributed by atoms with E-state index in [9.17, 15) is 20.1 Å². The maximum Gasteiger partial charge on any atom is 0.220 e. The molecule has 0 saturated heterocycles. The van der Waals surface area contributed by atoms with Crippen molar-refractivity contribution < 1.29 is 20.1 Å². The lowest BCUT2D eigenvalue weighted by molar-refractivity contribution is -0.124. The van der Waals surface area contributed by atoms with Crippen molar-refractivity contribution in [3.8, 4) is 0 Å². The van der Waals surface area contributed by atoms with Gasteiger partial charge < -0.3 is 20.6 Å². The van der Waals surface area contributed by atoms with Crippen LogP contribution in [-0.4, -0.2) is 46.1 Å². The maximum absolute atomic E-state index is 12.4. The third-order valence-corrected chi connectivity index (χ3v) is 10.4. The van der Waals surface area contributed by atoms with Crippen molar-refractivity contribution in [2.24, 2.45) is 0 Å². The number of aliphatic hydroxyl groups is 3. The molecule has 0 rings (SSSR count). The highest BCUT2D eigenvalue weighted by Gasteiger charge is 2.26. The van der Waals surface area contributed by atoms with Gasteiger partial charge in [-0.1, -0.05) is 185 Å². The summed E-state index contributed by atoms with van der Waals surface area (Å²) in [5.41, 5.74) is 0. The van der Waals surface area contributed by atoms with E-state index in [0.29, 0.717) is 12.8 Å². The molecular formula is C47H89NO4. The monoisotopic (exact) mass is 732 g/mol. The highest BCUT2D eigenvalue weighted by atomic mass is 16.3. The number of rotatable bonds is 41. The molecule has 5 heteroatoms.